The maximum atomic E-state index is 10.6. The van der Waals surface area contributed by atoms with Gasteiger partial charge in [0.25, 0.3) is 0 Å². The van der Waals surface area contributed by atoms with Crippen LogP contribution in [0.3, 0.4) is 0 Å². The van der Waals surface area contributed by atoms with E-state index in [1.165, 1.54) is 0 Å². The van der Waals surface area contributed by atoms with E-state index in [0.717, 1.165) is 6.29 Å². The van der Waals surface area contributed by atoms with Crippen LogP contribution in [-0.4, -0.2) is 24.9 Å². The zero-order chi connectivity index (χ0) is 9.68. The third-order valence-electron chi connectivity index (χ3n) is 1.70. The first-order chi connectivity index (χ1) is 6.24. The third kappa shape index (κ3) is 3.12. The Bertz CT molecular complexity index is 195. The molecular formula is C8H12NO4. The summed E-state index contributed by atoms with van der Waals surface area (Å²) in [5.74, 6) is -0.478. The Hall–Kier alpha value is -0.940. The van der Waals surface area contributed by atoms with Gasteiger partial charge in [0.15, 0.2) is 0 Å². The van der Waals surface area contributed by atoms with Gasteiger partial charge in [0.1, 0.15) is 12.4 Å². The van der Waals surface area contributed by atoms with Crippen molar-refractivity contribution in [2.75, 3.05) is 6.61 Å². The lowest BCUT2D eigenvalue weighted by atomic mass is 10.2. The largest absolute Gasteiger partial charge is 0.367 e. The molecule has 1 atom stereocenters. The van der Waals surface area contributed by atoms with E-state index in [0.29, 0.717) is 32.2 Å². The van der Waals surface area contributed by atoms with Crippen molar-refractivity contribution in [3.63, 3.8) is 0 Å². The molecule has 5 nitrogen and oxygen atoms in total. The molecule has 0 aromatic rings. The summed E-state index contributed by atoms with van der Waals surface area (Å²) in [4.78, 5) is 20.6. The van der Waals surface area contributed by atoms with Crippen molar-refractivity contribution < 1.29 is 19.1 Å². The van der Waals surface area contributed by atoms with E-state index in [4.69, 9.17) is 15.2 Å². The van der Waals surface area contributed by atoms with E-state index in [1.807, 2.05) is 0 Å². The highest BCUT2D eigenvalue weighted by atomic mass is 16.7. The van der Waals surface area contributed by atoms with Crippen LogP contribution in [0.25, 0.3) is 0 Å². The Morgan fingerprint density at radius 1 is 1.77 bits per heavy atom. The molecule has 0 saturated carbocycles. The van der Waals surface area contributed by atoms with Crippen molar-refractivity contribution in [2.45, 2.75) is 25.4 Å². The van der Waals surface area contributed by atoms with E-state index < -0.39 is 12.0 Å². The van der Waals surface area contributed by atoms with Crippen molar-refractivity contribution in [3.05, 3.63) is 6.29 Å². The van der Waals surface area contributed by atoms with Crippen LogP contribution in [0, 0.1) is 6.29 Å². The Morgan fingerprint density at radius 2 is 2.54 bits per heavy atom. The molecule has 73 valence electrons. The molecule has 1 amide bonds. The van der Waals surface area contributed by atoms with Gasteiger partial charge >= 0.3 is 0 Å². The van der Waals surface area contributed by atoms with Gasteiger partial charge in [0.2, 0.25) is 12.2 Å². The Labute approximate surface area is 76.2 Å². The lowest BCUT2D eigenvalue weighted by Gasteiger charge is -2.09. The highest BCUT2D eigenvalue weighted by Gasteiger charge is 2.30. The zero-order valence-electron chi connectivity index (χ0n) is 7.19. The maximum Gasteiger partial charge on any atom is 0.246 e. The number of amides is 1. The zero-order valence-corrected chi connectivity index (χ0v) is 7.19. The fourth-order valence-corrected chi connectivity index (χ4v) is 1.05. The van der Waals surface area contributed by atoms with Crippen LogP contribution >= 0.6 is 0 Å². The first-order valence-corrected chi connectivity index (χ1v) is 4.12. The highest BCUT2D eigenvalue weighted by molar-refractivity contribution is 5.79. The first kappa shape index (κ1) is 10.1. The lowest BCUT2D eigenvalue weighted by Crippen LogP contribution is -2.27. The number of hydrogen-bond donors (Lipinski definition) is 1. The van der Waals surface area contributed by atoms with E-state index >= 15 is 0 Å². The Morgan fingerprint density at radius 3 is 3.08 bits per heavy atom. The molecule has 0 aliphatic carbocycles. The summed E-state index contributed by atoms with van der Waals surface area (Å²) in [5.41, 5.74) is 5.03. The quantitative estimate of drug-likeness (QED) is 0.474. The van der Waals surface area contributed by atoms with Crippen molar-refractivity contribution in [3.8, 4) is 0 Å². The van der Waals surface area contributed by atoms with Gasteiger partial charge in [-0.05, 0) is 6.42 Å². The lowest BCUT2D eigenvalue weighted by molar-refractivity contribution is -0.132. The fourth-order valence-electron chi connectivity index (χ4n) is 1.05. The molecule has 0 spiro atoms. The molecule has 1 radical (unpaired) electrons. The average Bonchev–Trinajstić information content (AvgIpc) is 2.53. The van der Waals surface area contributed by atoms with Crippen molar-refractivity contribution in [1.29, 1.82) is 0 Å². The van der Waals surface area contributed by atoms with E-state index in [2.05, 4.69) is 0 Å². The predicted octanol–water partition coefficient (Wildman–Crippen LogP) is -0.254. The van der Waals surface area contributed by atoms with Gasteiger partial charge in [-0.1, -0.05) is 0 Å². The summed E-state index contributed by atoms with van der Waals surface area (Å²) in [6.07, 6.45) is 2.07. The number of hydrogen-bond acceptors (Lipinski definition) is 4. The van der Waals surface area contributed by atoms with Crippen molar-refractivity contribution in [2.24, 2.45) is 5.73 Å². The molecule has 1 rings (SSSR count). The van der Waals surface area contributed by atoms with Gasteiger partial charge in [0, 0.05) is 12.8 Å². The van der Waals surface area contributed by atoms with Gasteiger partial charge in [-0.2, -0.15) is 0 Å². The number of nitrogens with two attached hydrogens (primary N) is 1. The van der Waals surface area contributed by atoms with Crippen LogP contribution in [0.4, 0.5) is 0 Å². The molecule has 1 saturated heterocycles. The number of ether oxygens (including phenoxy) is 2. The molecule has 0 aromatic carbocycles. The minimum absolute atomic E-state index is 0.296. The van der Waals surface area contributed by atoms with Crippen LogP contribution in [0.15, 0.2) is 0 Å². The second kappa shape index (κ2) is 4.94. The van der Waals surface area contributed by atoms with Gasteiger partial charge in [-0.25, -0.2) is 0 Å². The molecule has 0 aromatic heterocycles. The molecule has 1 heterocycles. The molecule has 0 bridgehead atoms. The topological polar surface area (TPSA) is 78.6 Å². The average molecular weight is 186 g/mol. The minimum Gasteiger partial charge on any atom is -0.367 e. The molecule has 5 heteroatoms. The maximum absolute atomic E-state index is 10.6. The number of primary amides is 1. The number of rotatable bonds is 5. The fraction of sp³-hybridized carbons (Fsp3) is 0.625. The normalized spacial score (nSPS) is 23.2. The van der Waals surface area contributed by atoms with Gasteiger partial charge in [-0.15, -0.1) is 0 Å². The number of carbonyl (C=O) groups is 2. The second-order valence-corrected chi connectivity index (χ2v) is 2.72. The summed E-state index contributed by atoms with van der Waals surface area (Å²) in [6.45, 7) is 0.296. The van der Waals surface area contributed by atoms with Crippen LogP contribution in [0.2, 0.25) is 0 Å². The molecule has 13 heavy (non-hydrogen) atoms. The molecule has 1 aliphatic heterocycles. The molecule has 1 aliphatic rings. The van der Waals surface area contributed by atoms with Gasteiger partial charge < -0.3 is 20.0 Å². The molecule has 1 fully saturated rings. The number of aldehydes is 1. The van der Waals surface area contributed by atoms with Crippen LogP contribution < -0.4 is 5.73 Å². The Balaban J connectivity index is 2.17. The van der Waals surface area contributed by atoms with Crippen LogP contribution in [0.5, 0.6) is 0 Å². The van der Waals surface area contributed by atoms with Crippen LogP contribution in [0.1, 0.15) is 19.3 Å². The standard InChI is InChI=1S/C8H12NO4/c9-8(11)6-2-3-7(13-6)12-5-1-4-10/h4,6H,1-3,5H2,(H2,9,11)/t6-/m1/s1. The first-order valence-electron chi connectivity index (χ1n) is 4.12. The Kier molecular flexibility index (Phi) is 3.85. The minimum atomic E-state index is -0.564. The SMILES string of the molecule is NC(=O)[C@H]1CC[C](OCCC=O)O1. The molecular weight excluding hydrogens is 174 g/mol. The summed E-state index contributed by atoms with van der Waals surface area (Å²) in [5, 5.41) is 0. The van der Waals surface area contributed by atoms with Crippen molar-refractivity contribution >= 4 is 12.2 Å². The molecule has 0 unspecified atom stereocenters. The second-order valence-electron chi connectivity index (χ2n) is 2.72. The van der Waals surface area contributed by atoms with E-state index in [-0.39, 0.29) is 0 Å². The van der Waals surface area contributed by atoms with E-state index in [1.54, 1.807) is 0 Å². The smallest absolute Gasteiger partial charge is 0.246 e. The van der Waals surface area contributed by atoms with Gasteiger partial charge in [-0.3, -0.25) is 4.79 Å². The molecule has 2 N–H and O–H groups in total. The summed E-state index contributed by atoms with van der Waals surface area (Å²) in [7, 11) is 0. The third-order valence-corrected chi connectivity index (χ3v) is 1.70. The summed E-state index contributed by atoms with van der Waals surface area (Å²) >= 11 is 0. The number of carbonyl (C=O) groups excluding carboxylic acids is 2. The summed E-state index contributed by atoms with van der Waals surface area (Å²) < 4.78 is 10.2. The summed E-state index contributed by atoms with van der Waals surface area (Å²) in [6, 6.07) is 0. The van der Waals surface area contributed by atoms with Gasteiger partial charge in [0.05, 0.1) is 6.61 Å². The monoisotopic (exact) mass is 186 g/mol. The van der Waals surface area contributed by atoms with Crippen molar-refractivity contribution in [1.82, 2.24) is 0 Å². The van der Waals surface area contributed by atoms with E-state index in [9.17, 15) is 9.59 Å². The highest BCUT2D eigenvalue weighted by Crippen LogP contribution is 2.26. The predicted molar refractivity (Wildman–Crippen MR) is 43.2 cm³/mol. The van der Waals surface area contributed by atoms with Crippen LogP contribution in [-0.2, 0) is 19.1 Å².